The molecule has 3 rings (SSSR count). The fraction of sp³-hybridized carbons (Fsp3) is 0.364. The molecule has 0 bridgehead atoms. The van der Waals surface area contributed by atoms with Gasteiger partial charge in [-0.05, 0) is 54.4 Å². The smallest absolute Gasteiger partial charge is 0.240 e. The summed E-state index contributed by atoms with van der Waals surface area (Å²) in [4.78, 5) is 26.8. The van der Waals surface area contributed by atoms with Crippen LogP contribution in [-0.4, -0.2) is 40.4 Å². The van der Waals surface area contributed by atoms with Crippen molar-refractivity contribution < 1.29 is 22.7 Å². The van der Waals surface area contributed by atoms with E-state index >= 15 is 0 Å². The number of methoxy groups -OCH3 is 1. The van der Waals surface area contributed by atoms with Gasteiger partial charge in [-0.3, -0.25) is 9.59 Å². The summed E-state index contributed by atoms with van der Waals surface area (Å²) in [7, 11) is -2.02. The molecule has 1 heterocycles. The number of carbonyl (C=O) groups excluding carboxylic acids is 2. The molecule has 1 saturated heterocycles. The topological polar surface area (TPSA) is 105 Å². The Morgan fingerprint density at radius 3 is 2.35 bits per heavy atom. The minimum absolute atomic E-state index is 0.115. The number of rotatable bonds is 8. The van der Waals surface area contributed by atoms with Crippen molar-refractivity contribution in [2.75, 3.05) is 30.4 Å². The number of carbonyl (C=O) groups is 2. The number of benzene rings is 2. The lowest BCUT2D eigenvalue weighted by Gasteiger charge is -2.17. The molecule has 1 aliphatic rings. The number of nitrogens with zero attached hydrogens (tertiary/aromatic N) is 1. The average molecular weight is 446 g/mol. The van der Waals surface area contributed by atoms with Crippen molar-refractivity contribution in [3.63, 3.8) is 0 Å². The maximum Gasteiger partial charge on any atom is 0.240 e. The Labute approximate surface area is 182 Å². The van der Waals surface area contributed by atoms with E-state index in [9.17, 15) is 18.0 Å². The molecule has 0 saturated carbocycles. The SMILES string of the molecule is COc1ccc(N2CC(C(=O)Nc3ccc(S(=O)(=O)NCC(C)C)cc3)CC2=O)cc1. The molecule has 1 atom stereocenters. The van der Waals surface area contributed by atoms with Crippen molar-refractivity contribution in [2.24, 2.45) is 11.8 Å². The van der Waals surface area contributed by atoms with Gasteiger partial charge in [0.1, 0.15) is 5.75 Å². The lowest BCUT2D eigenvalue weighted by Crippen LogP contribution is -2.28. The van der Waals surface area contributed by atoms with Gasteiger partial charge in [0.05, 0.1) is 17.9 Å². The van der Waals surface area contributed by atoms with Gasteiger partial charge in [0, 0.05) is 30.9 Å². The molecule has 1 unspecified atom stereocenters. The molecule has 2 amide bonds. The van der Waals surface area contributed by atoms with Gasteiger partial charge in [-0.15, -0.1) is 0 Å². The normalized spacial score (nSPS) is 16.6. The van der Waals surface area contributed by atoms with Crippen molar-refractivity contribution in [1.82, 2.24) is 4.72 Å². The maximum absolute atomic E-state index is 12.7. The van der Waals surface area contributed by atoms with Crippen LogP contribution in [0, 0.1) is 11.8 Å². The van der Waals surface area contributed by atoms with E-state index in [-0.39, 0.29) is 35.6 Å². The van der Waals surface area contributed by atoms with Gasteiger partial charge in [0.2, 0.25) is 21.8 Å². The highest BCUT2D eigenvalue weighted by Gasteiger charge is 2.35. The Bertz CT molecular complexity index is 1030. The number of hydrogen-bond acceptors (Lipinski definition) is 5. The molecule has 1 aliphatic heterocycles. The summed E-state index contributed by atoms with van der Waals surface area (Å²) in [6.45, 7) is 4.47. The van der Waals surface area contributed by atoms with Gasteiger partial charge in [-0.1, -0.05) is 13.8 Å². The van der Waals surface area contributed by atoms with E-state index in [4.69, 9.17) is 4.74 Å². The molecular formula is C22H27N3O5S. The number of hydrogen-bond donors (Lipinski definition) is 2. The monoisotopic (exact) mass is 445 g/mol. The van der Waals surface area contributed by atoms with E-state index in [0.29, 0.717) is 23.7 Å². The Morgan fingerprint density at radius 2 is 1.77 bits per heavy atom. The van der Waals surface area contributed by atoms with Crippen LogP contribution in [0.15, 0.2) is 53.4 Å². The Hall–Kier alpha value is -2.91. The number of ether oxygens (including phenoxy) is 1. The van der Waals surface area contributed by atoms with Crippen LogP contribution in [-0.2, 0) is 19.6 Å². The van der Waals surface area contributed by atoms with E-state index < -0.39 is 15.9 Å². The highest BCUT2D eigenvalue weighted by molar-refractivity contribution is 7.89. The van der Waals surface area contributed by atoms with E-state index in [2.05, 4.69) is 10.0 Å². The molecule has 2 N–H and O–H groups in total. The molecule has 0 radical (unpaired) electrons. The summed E-state index contributed by atoms with van der Waals surface area (Å²) in [5.41, 5.74) is 1.19. The van der Waals surface area contributed by atoms with Crippen molar-refractivity contribution in [3.8, 4) is 5.75 Å². The van der Waals surface area contributed by atoms with Crippen molar-refractivity contribution in [3.05, 3.63) is 48.5 Å². The maximum atomic E-state index is 12.7. The molecule has 0 aliphatic carbocycles. The first kappa shape index (κ1) is 22.8. The summed E-state index contributed by atoms with van der Waals surface area (Å²) in [6.07, 6.45) is 0.115. The second-order valence-electron chi connectivity index (χ2n) is 7.86. The third-order valence-corrected chi connectivity index (χ3v) is 6.43. The van der Waals surface area contributed by atoms with E-state index in [0.717, 1.165) is 0 Å². The Balaban J connectivity index is 1.62. The highest BCUT2D eigenvalue weighted by atomic mass is 32.2. The predicted octanol–water partition coefficient (Wildman–Crippen LogP) is 2.62. The summed E-state index contributed by atoms with van der Waals surface area (Å²) < 4.78 is 32.2. The van der Waals surface area contributed by atoms with E-state index in [1.54, 1.807) is 48.4 Å². The molecular weight excluding hydrogens is 418 g/mol. The third-order valence-electron chi connectivity index (χ3n) is 4.99. The number of amides is 2. The lowest BCUT2D eigenvalue weighted by molar-refractivity contribution is -0.122. The van der Waals surface area contributed by atoms with Crippen LogP contribution in [0.25, 0.3) is 0 Å². The molecule has 1 fully saturated rings. The Morgan fingerprint density at radius 1 is 1.13 bits per heavy atom. The minimum atomic E-state index is -3.59. The summed E-state index contributed by atoms with van der Waals surface area (Å²) in [6, 6.07) is 13.1. The van der Waals surface area contributed by atoms with Gasteiger partial charge in [0.25, 0.3) is 0 Å². The average Bonchev–Trinajstić information content (AvgIpc) is 3.14. The molecule has 31 heavy (non-hydrogen) atoms. The van der Waals surface area contributed by atoms with Crippen molar-refractivity contribution in [1.29, 1.82) is 0 Å². The Kier molecular flexibility index (Phi) is 6.97. The first-order chi connectivity index (χ1) is 14.7. The fourth-order valence-corrected chi connectivity index (χ4v) is 4.43. The van der Waals surface area contributed by atoms with Crippen molar-refractivity contribution in [2.45, 2.75) is 25.2 Å². The predicted molar refractivity (Wildman–Crippen MR) is 119 cm³/mol. The van der Waals surface area contributed by atoms with Gasteiger partial charge < -0.3 is 15.0 Å². The zero-order chi connectivity index (χ0) is 22.6. The molecule has 2 aromatic carbocycles. The van der Waals surface area contributed by atoms with E-state index in [1.807, 2.05) is 13.8 Å². The molecule has 0 spiro atoms. The van der Waals surface area contributed by atoms with Crippen LogP contribution in [0.1, 0.15) is 20.3 Å². The van der Waals surface area contributed by atoms with Gasteiger partial charge >= 0.3 is 0 Å². The first-order valence-electron chi connectivity index (χ1n) is 10.0. The standard InChI is InChI=1S/C22H27N3O5S/c1-15(2)13-23-31(28,29)20-10-4-17(5-11-20)24-22(27)16-12-21(26)25(14-16)18-6-8-19(30-3)9-7-18/h4-11,15-16,23H,12-14H2,1-3H3,(H,24,27). The van der Waals surface area contributed by atoms with Crippen LogP contribution < -0.4 is 19.7 Å². The van der Waals surface area contributed by atoms with Crippen LogP contribution in [0.4, 0.5) is 11.4 Å². The van der Waals surface area contributed by atoms with Crippen molar-refractivity contribution >= 4 is 33.2 Å². The molecule has 166 valence electrons. The molecule has 2 aromatic rings. The van der Waals surface area contributed by atoms with Gasteiger partial charge in [0.15, 0.2) is 0 Å². The number of anilines is 2. The quantitative estimate of drug-likeness (QED) is 0.650. The zero-order valence-corrected chi connectivity index (χ0v) is 18.6. The summed E-state index contributed by atoms with van der Waals surface area (Å²) >= 11 is 0. The summed E-state index contributed by atoms with van der Waals surface area (Å²) in [5, 5.41) is 2.77. The van der Waals surface area contributed by atoms with Crippen LogP contribution in [0.3, 0.4) is 0 Å². The highest BCUT2D eigenvalue weighted by Crippen LogP contribution is 2.27. The lowest BCUT2D eigenvalue weighted by atomic mass is 10.1. The molecule has 9 heteroatoms. The second kappa shape index (κ2) is 9.49. The fourth-order valence-electron chi connectivity index (χ4n) is 3.22. The van der Waals surface area contributed by atoms with Gasteiger partial charge in [-0.25, -0.2) is 13.1 Å². The van der Waals surface area contributed by atoms with Crippen LogP contribution in [0.5, 0.6) is 5.75 Å². The number of sulfonamides is 1. The minimum Gasteiger partial charge on any atom is -0.497 e. The molecule has 8 nitrogen and oxygen atoms in total. The zero-order valence-electron chi connectivity index (χ0n) is 17.8. The van der Waals surface area contributed by atoms with Gasteiger partial charge in [-0.2, -0.15) is 0 Å². The van der Waals surface area contributed by atoms with E-state index in [1.165, 1.54) is 12.1 Å². The van der Waals surface area contributed by atoms with Crippen LogP contribution >= 0.6 is 0 Å². The first-order valence-corrected chi connectivity index (χ1v) is 11.5. The van der Waals surface area contributed by atoms with Crippen LogP contribution in [0.2, 0.25) is 0 Å². The largest absolute Gasteiger partial charge is 0.497 e. The molecule has 0 aromatic heterocycles. The summed E-state index contributed by atoms with van der Waals surface area (Å²) in [5.74, 6) is -0.0129. The second-order valence-corrected chi connectivity index (χ2v) is 9.63. The third kappa shape index (κ3) is 5.62. The number of nitrogens with one attached hydrogen (secondary N) is 2.